The van der Waals surface area contributed by atoms with Gasteiger partial charge in [0.15, 0.2) is 0 Å². The number of carbonyl (C=O) groups excluding carboxylic acids is 1. The molecule has 1 amide bonds. The molecule has 1 heterocycles. The molecule has 2 aromatic carbocycles. The smallest absolute Gasteiger partial charge is 0.243 e. The van der Waals surface area contributed by atoms with Gasteiger partial charge in [-0.1, -0.05) is 42.5 Å². The molecule has 1 aliphatic carbocycles. The van der Waals surface area contributed by atoms with Crippen LogP contribution < -0.4 is 10.6 Å². The molecule has 2 N–H and O–H groups in total. The number of benzene rings is 2. The largest absolute Gasteiger partial charge is 0.373 e. The maximum Gasteiger partial charge on any atom is 0.243 e. The molecule has 23 heavy (non-hydrogen) atoms. The molecule has 2 aliphatic rings. The third-order valence-electron chi connectivity index (χ3n) is 5.10. The van der Waals surface area contributed by atoms with Gasteiger partial charge in [-0.05, 0) is 48.4 Å². The van der Waals surface area contributed by atoms with Gasteiger partial charge in [-0.2, -0.15) is 0 Å². The summed E-state index contributed by atoms with van der Waals surface area (Å²) in [6.07, 6.45) is 4.06. The van der Waals surface area contributed by atoms with Crippen molar-refractivity contribution in [2.45, 2.75) is 44.7 Å². The number of para-hydroxylation sites is 1. The van der Waals surface area contributed by atoms with E-state index < -0.39 is 0 Å². The standard InChI is InChI=1S/C20H22N2O/c1-13-6-4-9-15-12-18(21-19(13)15)20(23)22-17-11-5-8-14-7-2-3-10-16(14)17/h2-4,6-7,9-10,17-18,21H,5,8,11-12H2,1H3,(H,22,23). The van der Waals surface area contributed by atoms with Crippen molar-refractivity contribution in [3.63, 3.8) is 0 Å². The lowest BCUT2D eigenvalue weighted by atomic mass is 9.87. The Morgan fingerprint density at radius 3 is 2.83 bits per heavy atom. The van der Waals surface area contributed by atoms with Crippen LogP contribution in [0.15, 0.2) is 42.5 Å². The third kappa shape index (κ3) is 2.61. The Morgan fingerprint density at radius 2 is 1.96 bits per heavy atom. The van der Waals surface area contributed by atoms with Crippen molar-refractivity contribution in [1.29, 1.82) is 0 Å². The Kier molecular flexibility index (Phi) is 3.56. The second kappa shape index (κ2) is 5.73. The van der Waals surface area contributed by atoms with E-state index in [0.717, 1.165) is 31.4 Å². The second-order valence-electron chi connectivity index (χ2n) is 6.66. The zero-order valence-corrected chi connectivity index (χ0v) is 13.4. The minimum Gasteiger partial charge on any atom is -0.373 e. The summed E-state index contributed by atoms with van der Waals surface area (Å²) in [5.74, 6) is 0.113. The fraction of sp³-hybridized carbons (Fsp3) is 0.350. The predicted molar refractivity (Wildman–Crippen MR) is 92.6 cm³/mol. The van der Waals surface area contributed by atoms with Gasteiger partial charge in [0.1, 0.15) is 6.04 Å². The number of rotatable bonds is 2. The van der Waals surface area contributed by atoms with Crippen molar-refractivity contribution in [1.82, 2.24) is 5.32 Å². The molecule has 2 aromatic rings. The molecule has 3 heteroatoms. The maximum atomic E-state index is 12.7. The fourth-order valence-corrected chi connectivity index (χ4v) is 3.88. The molecule has 2 unspecified atom stereocenters. The highest BCUT2D eigenvalue weighted by molar-refractivity contribution is 5.88. The number of amides is 1. The Labute approximate surface area is 137 Å². The van der Waals surface area contributed by atoms with Crippen molar-refractivity contribution in [3.8, 4) is 0 Å². The van der Waals surface area contributed by atoms with Gasteiger partial charge in [-0.3, -0.25) is 4.79 Å². The lowest BCUT2D eigenvalue weighted by molar-refractivity contribution is -0.122. The van der Waals surface area contributed by atoms with E-state index in [4.69, 9.17) is 0 Å². The van der Waals surface area contributed by atoms with Crippen molar-refractivity contribution < 1.29 is 4.79 Å². The summed E-state index contributed by atoms with van der Waals surface area (Å²) >= 11 is 0. The number of hydrogen-bond acceptors (Lipinski definition) is 2. The minimum absolute atomic E-state index is 0.113. The van der Waals surface area contributed by atoms with E-state index >= 15 is 0 Å². The van der Waals surface area contributed by atoms with Gasteiger partial charge in [0.25, 0.3) is 0 Å². The third-order valence-corrected chi connectivity index (χ3v) is 5.10. The average molecular weight is 306 g/mol. The molecule has 3 nitrogen and oxygen atoms in total. The quantitative estimate of drug-likeness (QED) is 0.891. The van der Waals surface area contributed by atoms with Crippen LogP contribution in [0.5, 0.6) is 0 Å². The number of fused-ring (bicyclic) bond motifs is 2. The van der Waals surface area contributed by atoms with Crippen molar-refractivity contribution in [3.05, 3.63) is 64.7 Å². The van der Waals surface area contributed by atoms with E-state index in [1.54, 1.807) is 0 Å². The molecule has 0 saturated carbocycles. The number of hydrogen-bond donors (Lipinski definition) is 2. The van der Waals surface area contributed by atoms with Gasteiger partial charge in [-0.25, -0.2) is 0 Å². The first-order valence-electron chi connectivity index (χ1n) is 8.45. The van der Waals surface area contributed by atoms with Crippen molar-refractivity contribution >= 4 is 11.6 Å². The van der Waals surface area contributed by atoms with Crippen LogP contribution in [0.3, 0.4) is 0 Å². The lowest BCUT2D eigenvalue weighted by Crippen LogP contribution is -2.41. The van der Waals surface area contributed by atoms with Crippen LogP contribution in [0.2, 0.25) is 0 Å². The van der Waals surface area contributed by atoms with Gasteiger partial charge >= 0.3 is 0 Å². The van der Waals surface area contributed by atoms with Crippen LogP contribution in [0.4, 0.5) is 5.69 Å². The van der Waals surface area contributed by atoms with Crippen LogP contribution >= 0.6 is 0 Å². The average Bonchev–Trinajstić information content (AvgIpc) is 3.01. The number of aryl methyl sites for hydroxylation is 2. The first-order chi connectivity index (χ1) is 11.2. The van der Waals surface area contributed by atoms with Crippen LogP contribution in [0.25, 0.3) is 0 Å². The summed E-state index contributed by atoms with van der Waals surface area (Å²) in [5, 5.41) is 6.67. The zero-order valence-electron chi connectivity index (χ0n) is 13.4. The minimum atomic E-state index is -0.153. The van der Waals surface area contributed by atoms with Crippen LogP contribution in [0, 0.1) is 6.92 Å². The maximum absolute atomic E-state index is 12.7. The Bertz CT molecular complexity index is 753. The highest BCUT2D eigenvalue weighted by Gasteiger charge is 2.30. The van der Waals surface area contributed by atoms with Crippen LogP contribution in [-0.2, 0) is 17.6 Å². The van der Waals surface area contributed by atoms with E-state index in [9.17, 15) is 4.79 Å². The topological polar surface area (TPSA) is 41.1 Å². The highest BCUT2D eigenvalue weighted by atomic mass is 16.2. The summed E-state index contributed by atoms with van der Waals surface area (Å²) < 4.78 is 0. The normalized spacial score (nSPS) is 22.0. The first-order valence-corrected chi connectivity index (χ1v) is 8.45. The molecule has 0 saturated heterocycles. The molecule has 1 aliphatic heterocycles. The number of anilines is 1. The van der Waals surface area contributed by atoms with Gasteiger partial charge in [-0.15, -0.1) is 0 Å². The van der Waals surface area contributed by atoms with Gasteiger partial charge in [0, 0.05) is 12.1 Å². The van der Waals surface area contributed by atoms with Crippen molar-refractivity contribution in [2.75, 3.05) is 5.32 Å². The molecule has 0 aromatic heterocycles. The van der Waals surface area contributed by atoms with E-state index in [-0.39, 0.29) is 18.0 Å². The Balaban J connectivity index is 1.49. The molecule has 118 valence electrons. The molecule has 0 bridgehead atoms. The number of carbonyl (C=O) groups is 1. The van der Waals surface area contributed by atoms with Crippen LogP contribution in [-0.4, -0.2) is 11.9 Å². The van der Waals surface area contributed by atoms with E-state index in [1.165, 1.54) is 22.3 Å². The molecule has 0 fully saturated rings. The summed E-state index contributed by atoms with van der Waals surface area (Å²) in [6, 6.07) is 14.7. The van der Waals surface area contributed by atoms with E-state index in [2.05, 4.69) is 60.0 Å². The summed E-state index contributed by atoms with van der Waals surface area (Å²) in [6.45, 7) is 2.09. The Morgan fingerprint density at radius 1 is 1.13 bits per heavy atom. The molecule has 0 spiro atoms. The summed E-state index contributed by atoms with van der Waals surface area (Å²) in [7, 11) is 0. The predicted octanol–water partition coefficient (Wildman–Crippen LogP) is 3.53. The molecule has 4 rings (SSSR count). The first kappa shape index (κ1) is 14.3. The van der Waals surface area contributed by atoms with E-state index in [1.807, 2.05) is 0 Å². The molecular weight excluding hydrogens is 284 g/mol. The monoisotopic (exact) mass is 306 g/mol. The fourth-order valence-electron chi connectivity index (χ4n) is 3.88. The molecule has 0 radical (unpaired) electrons. The molecule has 2 atom stereocenters. The lowest BCUT2D eigenvalue weighted by Gasteiger charge is -2.27. The van der Waals surface area contributed by atoms with E-state index in [0.29, 0.717) is 0 Å². The number of nitrogens with one attached hydrogen (secondary N) is 2. The van der Waals surface area contributed by atoms with Crippen molar-refractivity contribution in [2.24, 2.45) is 0 Å². The van der Waals surface area contributed by atoms with Gasteiger partial charge in [0.05, 0.1) is 6.04 Å². The highest BCUT2D eigenvalue weighted by Crippen LogP contribution is 2.32. The Hall–Kier alpha value is -2.29. The van der Waals surface area contributed by atoms with Crippen LogP contribution in [0.1, 0.15) is 41.1 Å². The summed E-state index contributed by atoms with van der Waals surface area (Å²) in [4.78, 5) is 12.7. The second-order valence-corrected chi connectivity index (χ2v) is 6.66. The van der Waals surface area contributed by atoms with Gasteiger partial charge < -0.3 is 10.6 Å². The zero-order chi connectivity index (χ0) is 15.8. The SMILES string of the molecule is Cc1cccc2c1NC(C(=O)NC1CCCc3ccccc31)C2. The molecular formula is C20H22N2O. The van der Waals surface area contributed by atoms with Gasteiger partial charge in [0.2, 0.25) is 5.91 Å². The summed E-state index contributed by atoms with van der Waals surface area (Å²) in [5.41, 5.74) is 6.26.